The third-order valence-corrected chi connectivity index (χ3v) is 7.00. The molecule has 1 saturated heterocycles. The highest BCUT2D eigenvalue weighted by molar-refractivity contribution is 5.99. The van der Waals surface area contributed by atoms with E-state index in [1.165, 1.54) is 17.0 Å². The lowest BCUT2D eigenvalue weighted by molar-refractivity contribution is -0.137. The van der Waals surface area contributed by atoms with Gasteiger partial charge in [-0.25, -0.2) is 14.4 Å². The number of hydrogen-bond acceptors (Lipinski definition) is 5. The predicted molar refractivity (Wildman–Crippen MR) is 123 cm³/mol. The van der Waals surface area contributed by atoms with Crippen LogP contribution in [-0.4, -0.2) is 43.9 Å². The number of rotatable bonds is 1. The number of fused-ring (bicyclic) bond motifs is 6. The monoisotopic (exact) mass is 499 g/mol. The third kappa shape index (κ3) is 3.33. The molecule has 2 aliphatic rings. The van der Waals surface area contributed by atoms with E-state index in [0.717, 1.165) is 18.2 Å². The first-order chi connectivity index (χ1) is 17.0. The van der Waals surface area contributed by atoms with Gasteiger partial charge in [0.05, 0.1) is 46.6 Å². The van der Waals surface area contributed by atoms with Crippen LogP contribution in [0.4, 0.5) is 23.4 Å². The maximum atomic E-state index is 15.3. The van der Waals surface area contributed by atoms with E-state index in [1.54, 1.807) is 24.4 Å². The molecule has 186 valence electrons. The van der Waals surface area contributed by atoms with Crippen LogP contribution >= 0.6 is 0 Å². The van der Waals surface area contributed by atoms with E-state index in [4.69, 9.17) is 10.5 Å². The molecule has 4 aromatic rings. The number of nitrogen functional groups attached to an aromatic ring is 1. The van der Waals surface area contributed by atoms with E-state index in [9.17, 15) is 18.0 Å². The average molecular weight is 499 g/mol. The molecule has 0 bridgehead atoms. The van der Waals surface area contributed by atoms with Crippen LogP contribution in [0, 0.1) is 12.7 Å². The van der Waals surface area contributed by atoms with Crippen molar-refractivity contribution in [2.24, 2.45) is 0 Å². The molecule has 3 heterocycles. The number of ether oxygens (including phenoxy) is 1. The van der Waals surface area contributed by atoms with Gasteiger partial charge in [-0.3, -0.25) is 9.20 Å². The van der Waals surface area contributed by atoms with Gasteiger partial charge >= 0.3 is 6.18 Å². The van der Waals surface area contributed by atoms with Crippen LogP contribution in [0.5, 0.6) is 0 Å². The topological polar surface area (TPSA) is 85.8 Å². The number of benzene rings is 2. The summed E-state index contributed by atoms with van der Waals surface area (Å²) in [5.74, 6) is -0.556. The Morgan fingerprint density at radius 2 is 1.97 bits per heavy atom. The Labute approximate surface area is 202 Å². The van der Waals surface area contributed by atoms with Crippen molar-refractivity contribution in [2.75, 3.05) is 12.3 Å². The summed E-state index contributed by atoms with van der Waals surface area (Å²) >= 11 is 0. The second-order valence-corrected chi connectivity index (χ2v) is 9.35. The molecule has 0 saturated carbocycles. The summed E-state index contributed by atoms with van der Waals surface area (Å²) in [4.78, 5) is 23.8. The van der Waals surface area contributed by atoms with Gasteiger partial charge in [0.25, 0.3) is 5.91 Å². The molecule has 36 heavy (non-hydrogen) atoms. The van der Waals surface area contributed by atoms with Crippen LogP contribution in [0.15, 0.2) is 36.5 Å². The number of carbonyl (C=O) groups excluding carboxylic acids is 1. The molecule has 1 fully saturated rings. The van der Waals surface area contributed by atoms with Crippen molar-refractivity contribution in [1.82, 2.24) is 19.3 Å². The number of anilines is 1. The lowest BCUT2D eigenvalue weighted by atomic mass is 10.0. The number of alkyl halides is 3. The van der Waals surface area contributed by atoms with E-state index < -0.39 is 35.6 Å². The zero-order valence-corrected chi connectivity index (χ0v) is 19.3. The number of hydrogen-bond donors (Lipinski definition) is 1. The van der Waals surface area contributed by atoms with Crippen LogP contribution in [0.3, 0.4) is 0 Å². The zero-order chi connectivity index (χ0) is 25.5. The smallest absolute Gasteiger partial charge is 0.382 e. The van der Waals surface area contributed by atoms with Gasteiger partial charge in [0.1, 0.15) is 23.0 Å². The van der Waals surface area contributed by atoms with Crippen LogP contribution < -0.4 is 5.73 Å². The van der Waals surface area contributed by atoms with Gasteiger partial charge in [0, 0.05) is 19.0 Å². The minimum Gasteiger partial charge on any atom is -0.382 e. The maximum absolute atomic E-state index is 15.3. The van der Waals surface area contributed by atoms with Crippen LogP contribution in [0.1, 0.15) is 45.8 Å². The molecule has 0 spiro atoms. The van der Waals surface area contributed by atoms with Gasteiger partial charge in [-0.2, -0.15) is 13.2 Å². The van der Waals surface area contributed by atoms with Gasteiger partial charge in [0.15, 0.2) is 0 Å². The molecule has 1 aliphatic heterocycles. The molecule has 1 aliphatic carbocycles. The van der Waals surface area contributed by atoms with Crippen molar-refractivity contribution >= 4 is 28.3 Å². The Balaban J connectivity index is 1.46. The van der Waals surface area contributed by atoms with Gasteiger partial charge in [0.2, 0.25) is 0 Å². The first-order valence-electron chi connectivity index (χ1n) is 11.4. The first kappa shape index (κ1) is 22.7. The Bertz CT molecular complexity index is 1560. The zero-order valence-electron chi connectivity index (χ0n) is 19.3. The molecular formula is C25H21F4N5O2. The Morgan fingerprint density at radius 3 is 2.72 bits per heavy atom. The molecule has 0 radical (unpaired) electrons. The normalized spacial score (nSPS) is 21.7. The van der Waals surface area contributed by atoms with Crippen molar-refractivity contribution in [1.29, 1.82) is 0 Å². The Kier molecular flexibility index (Phi) is 4.82. The molecular weight excluding hydrogens is 478 g/mol. The highest BCUT2D eigenvalue weighted by Crippen LogP contribution is 2.44. The number of morpholine rings is 1. The van der Waals surface area contributed by atoms with Gasteiger partial charge in [-0.05, 0) is 43.2 Å². The minimum absolute atomic E-state index is 0.164. The summed E-state index contributed by atoms with van der Waals surface area (Å²) < 4.78 is 62.8. The molecule has 2 N–H and O–H groups in total. The summed E-state index contributed by atoms with van der Waals surface area (Å²) in [6, 6.07) is 5.48. The van der Waals surface area contributed by atoms with E-state index in [2.05, 4.69) is 9.97 Å². The highest BCUT2D eigenvalue weighted by atomic mass is 19.4. The second kappa shape index (κ2) is 7.63. The molecule has 2 aromatic heterocycles. The van der Waals surface area contributed by atoms with E-state index in [0.29, 0.717) is 28.0 Å². The summed E-state index contributed by atoms with van der Waals surface area (Å²) in [7, 11) is 0. The summed E-state index contributed by atoms with van der Waals surface area (Å²) in [5, 5.41) is 0. The van der Waals surface area contributed by atoms with E-state index in [-0.39, 0.29) is 36.0 Å². The number of aryl methyl sites for hydroxylation is 1. The summed E-state index contributed by atoms with van der Waals surface area (Å²) in [6.07, 6.45) is -3.59. The molecule has 0 unspecified atom stereocenters. The SMILES string of the molecule is Cc1ncc2c(N)nc3cc(F)c(C(=O)N4C[C@@H](C)O[C@@H]5Cc6cc(C(F)(F)F)ccc6[C@@H]54)cc3n12. The second-order valence-electron chi connectivity index (χ2n) is 9.35. The number of aromatic nitrogens is 3. The molecule has 6 rings (SSSR count). The van der Waals surface area contributed by atoms with Gasteiger partial charge in [-0.1, -0.05) is 6.07 Å². The van der Waals surface area contributed by atoms with E-state index >= 15 is 4.39 Å². The fraction of sp³-hybridized carbons (Fsp3) is 0.320. The molecule has 7 nitrogen and oxygen atoms in total. The van der Waals surface area contributed by atoms with Crippen molar-refractivity contribution in [3.8, 4) is 0 Å². The van der Waals surface area contributed by atoms with Crippen LogP contribution in [0.25, 0.3) is 16.6 Å². The summed E-state index contributed by atoms with van der Waals surface area (Å²) in [5.41, 5.74) is 7.42. The Hall–Kier alpha value is -3.73. The fourth-order valence-electron chi connectivity index (χ4n) is 5.46. The fourth-order valence-corrected chi connectivity index (χ4v) is 5.46. The summed E-state index contributed by atoms with van der Waals surface area (Å²) in [6.45, 7) is 3.70. The quantitative estimate of drug-likeness (QED) is 0.391. The predicted octanol–water partition coefficient (Wildman–Crippen LogP) is 4.46. The number of amides is 1. The van der Waals surface area contributed by atoms with Gasteiger partial charge in [-0.15, -0.1) is 0 Å². The van der Waals surface area contributed by atoms with Crippen molar-refractivity contribution in [3.05, 3.63) is 70.4 Å². The van der Waals surface area contributed by atoms with Crippen LogP contribution in [0.2, 0.25) is 0 Å². The molecule has 11 heteroatoms. The number of imidazole rings is 1. The largest absolute Gasteiger partial charge is 0.416 e. The van der Waals surface area contributed by atoms with Gasteiger partial charge < -0.3 is 15.4 Å². The van der Waals surface area contributed by atoms with Crippen molar-refractivity contribution in [3.63, 3.8) is 0 Å². The van der Waals surface area contributed by atoms with Crippen molar-refractivity contribution < 1.29 is 27.1 Å². The minimum atomic E-state index is -4.48. The number of nitrogens with two attached hydrogens (primary N) is 1. The number of nitrogens with zero attached hydrogens (tertiary/aromatic N) is 4. The molecule has 2 aromatic carbocycles. The molecule has 1 amide bonds. The lowest BCUT2D eigenvalue weighted by Crippen LogP contribution is -2.50. The molecule has 3 atom stereocenters. The number of halogens is 4. The third-order valence-electron chi connectivity index (χ3n) is 7.00. The highest BCUT2D eigenvalue weighted by Gasteiger charge is 2.45. The van der Waals surface area contributed by atoms with Crippen molar-refractivity contribution in [2.45, 2.75) is 44.7 Å². The average Bonchev–Trinajstić information content (AvgIpc) is 3.37. The number of carbonyl (C=O) groups is 1. The maximum Gasteiger partial charge on any atom is 0.416 e. The standard InChI is InChI=1S/C25H21F4N5O2/c1-11-10-33(22-15-4-3-14(25(27,28)29)5-13(15)6-21(22)36-11)24(35)16-7-19-18(8-17(16)26)32-23(30)20-9-31-12(2)34(19)20/h3-5,7-9,11,21-22H,6,10H2,1-2H3,(H2,30,32)/t11-,21-,22+/m1/s1. The van der Waals surface area contributed by atoms with Crippen LogP contribution in [-0.2, 0) is 17.3 Å². The first-order valence-corrected chi connectivity index (χ1v) is 11.4. The lowest BCUT2D eigenvalue weighted by Gasteiger charge is -2.41. The van der Waals surface area contributed by atoms with E-state index in [1.807, 2.05) is 0 Å². The Morgan fingerprint density at radius 1 is 1.19 bits per heavy atom.